The number of carbonyl (C=O) groups excluding carboxylic acids is 2. The highest BCUT2D eigenvalue weighted by atomic mass is 32.2. The van der Waals surface area contributed by atoms with E-state index in [9.17, 15) is 9.59 Å². The average Bonchev–Trinajstić information content (AvgIpc) is 2.85. The topological polar surface area (TPSA) is 46.6 Å². The zero-order valence-electron chi connectivity index (χ0n) is 18.2. The Kier molecular flexibility index (Phi) is 7.20. The van der Waals surface area contributed by atoms with Crippen molar-refractivity contribution in [2.24, 2.45) is 0 Å². The van der Waals surface area contributed by atoms with Crippen LogP contribution in [-0.4, -0.2) is 48.3 Å². The SMILES string of the molecule is CC(CC(=O)c1ccccc1)(C(=O)c1ccc(Sc2ccccc2)cc1)N1CCOCC1. The maximum atomic E-state index is 13.8. The monoisotopic (exact) mass is 445 g/mol. The molecule has 0 radical (unpaired) electrons. The first-order valence-corrected chi connectivity index (χ1v) is 11.7. The third-order valence-electron chi connectivity index (χ3n) is 5.89. The van der Waals surface area contributed by atoms with E-state index in [1.54, 1.807) is 11.8 Å². The molecule has 5 heteroatoms. The van der Waals surface area contributed by atoms with Crippen molar-refractivity contribution in [3.63, 3.8) is 0 Å². The van der Waals surface area contributed by atoms with E-state index < -0.39 is 5.54 Å². The maximum Gasteiger partial charge on any atom is 0.183 e. The molecule has 0 aliphatic carbocycles. The number of Topliss-reactive ketones (excluding diaryl/α,β-unsaturated/α-hetero) is 2. The number of benzene rings is 3. The summed E-state index contributed by atoms with van der Waals surface area (Å²) in [6, 6.07) is 27.1. The van der Waals surface area contributed by atoms with Crippen molar-refractivity contribution < 1.29 is 14.3 Å². The third kappa shape index (κ3) is 5.18. The van der Waals surface area contributed by atoms with E-state index in [0.717, 1.165) is 9.79 Å². The first kappa shape index (κ1) is 22.5. The first-order chi connectivity index (χ1) is 15.6. The molecule has 1 aliphatic rings. The molecule has 1 heterocycles. The molecule has 3 aromatic carbocycles. The second kappa shape index (κ2) is 10.3. The second-order valence-electron chi connectivity index (χ2n) is 8.11. The number of rotatable bonds is 8. The van der Waals surface area contributed by atoms with Crippen LogP contribution in [0, 0.1) is 0 Å². The van der Waals surface area contributed by atoms with Crippen molar-refractivity contribution >= 4 is 23.3 Å². The molecule has 0 aromatic heterocycles. The number of hydrogen-bond acceptors (Lipinski definition) is 5. The Morgan fingerprint density at radius 3 is 2.00 bits per heavy atom. The van der Waals surface area contributed by atoms with Gasteiger partial charge in [-0.15, -0.1) is 0 Å². The summed E-state index contributed by atoms with van der Waals surface area (Å²) in [7, 11) is 0. The minimum atomic E-state index is -0.926. The fourth-order valence-electron chi connectivity index (χ4n) is 4.04. The van der Waals surface area contributed by atoms with Gasteiger partial charge in [-0.3, -0.25) is 14.5 Å². The molecule has 1 fully saturated rings. The van der Waals surface area contributed by atoms with Crippen LogP contribution in [0.1, 0.15) is 34.1 Å². The molecule has 164 valence electrons. The molecule has 1 atom stereocenters. The van der Waals surface area contributed by atoms with Gasteiger partial charge in [0.1, 0.15) is 0 Å². The van der Waals surface area contributed by atoms with Gasteiger partial charge in [0.2, 0.25) is 0 Å². The second-order valence-corrected chi connectivity index (χ2v) is 9.25. The van der Waals surface area contributed by atoms with Crippen LogP contribution in [-0.2, 0) is 4.74 Å². The highest BCUT2D eigenvalue weighted by molar-refractivity contribution is 7.99. The van der Waals surface area contributed by atoms with E-state index in [1.807, 2.05) is 79.7 Å². The van der Waals surface area contributed by atoms with Gasteiger partial charge in [-0.05, 0) is 31.2 Å². The lowest BCUT2D eigenvalue weighted by Crippen LogP contribution is -2.57. The van der Waals surface area contributed by atoms with Crippen LogP contribution in [0.4, 0.5) is 0 Å². The Morgan fingerprint density at radius 2 is 1.38 bits per heavy atom. The highest BCUT2D eigenvalue weighted by Gasteiger charge is 2.42. The summed E-state index contributed by atoms with van der Waals surface area (Å²) in [6.45, 7) is 4.29. The number of nitrogens with zero attached hydrogens (tertiary/aromatic N) is 1. The van der Waals surface area contributed by atoms with E-state index in [2.05, 4.69) is 17.0 Å². The summed E-state index contributed by atoms with van der Waals surface area (Å²) >= 11 is 1.66. The standard InChI is InChI=1S/C27H27NO3S/c1-27(28-16-18-31-19-17-28,20-25(29)21-8-4-2-5-9-21)26(30)22-12-14-24(15-13-22)32-23-10-6-3-7-11-23/h2-15H,16-20H2,1H3. The minimum absolute atomic E-state index is 0.0239. The highest BCUT2D eigenvalue weighted by Crippen LogP contribution is 2.31. The van der Waals surface area contributed by atoms with E-state index in [4.69, 9.17) is 4.74 Å². The van der Waals surface area contributed by atoms with Crippen LogP contribution in [0.15, 0.2) is 94.7 Å². The summed E-state index contributed by atoms with van der Waals surface area (Å²) in [5, 5.41) is 0. The largest absolute Gasteiger partial charge is 0.379 e. The Morgan fingerprint density at radius 1 is 0.812 bits per heavy atom. The van der Waals surface area contributed by atoms with Crippen molar-refractivity contribution in [1.82, 2.24) is 4.90 Å². The van der Waals surface area contributed by atoms with E-state index in [0.29, 0.717) is 37.4 Å². The molecular formula is C27H27NO3S. The van der Waals surface area contributed by atoms with Crippen molar-refractivity contribution in [3.05, 3.63) is 96.1 Å². The molecule has 0 bridgehead atoms. The van der Waals surface area contributed by atoms with Gasteiger partial charge in [-0.2, -0.15) is 0 Å². The summed E-state index contributed by atoms with van der Waals surface area (Å²) < 4.78 is 5.50. The molecule has 3 aromatic rings. The van der Waals surface area contributed by atoms with Crippen molar-refractivity contribution in [2.75, 3.05) is 26.3 Å². The summed E-state index contributed by atoms with van der Waals surface area (Å²) in [5.74, 6) is -0.0517. The molecule has 1 saturated heterocycles. The molecule has 1 unspecified atom stereocenters. The third-order valence-corrected chi connectivity index (χ3v) is 6.91. The number of ether oxygens (including phenoxy) is 1. The van der Waals surface area contributed by atoms with Crippen LogP contribution in [0.5, 0.6) is 0 Å². The fourth-order valence-corrected chi connectivity index (χ4v) is 4.88. The van der Waals surface area contributed by atoms with E-state index in [1.165, 1.54) is 0 Å². The fraction of sp³-hybridized carbons (Fsp3) is 0.259. The molecule has 32 heavy (non-hydrogen) atoms. The van der Waals surface area contributed by atoms with E-state index >= 15 is 0 Å². The summed E-state index contributed by atoms with van der Waals surface area (Å²) in [6.07, 6.45) is 0.135. The summed E-state index contributed by atoms with van der Waals surface area (Å²) in [5.41, 5.74) is 0.330. The molecule has 0 saturated carbocycles. The van der Waals surface area contributed by atoms with Crippen LogP contribution in [0.3, 0.4) is 0 Å². The quantitative estimate of drug-likeness (QED) is 0.436. The molecule has 0 N–H and O–H groups in total. The first-order valence-electron chi connectivity index (χ1n) is 10.8. The van der Waals surface area contributed by atoms with Crippen LogP contribution in [0.2, 0.25) is 0 Å². The lowest BCUT2D eigenvalue weighted by atomic mass is 9.83. The molecule has 1 aliphatic heterocycles. The lowest BCUT2D eigenvalue weighted by molar-refractivity contribution is -0.0106. The van der Waals surface area contributed by atoms with Crippen LogP contribution >= 0.6 is 11.8 Å². The van der Waals surface area contributed by atoms with Gasteiger partial charge in [0, 0.05) is 40.4 Å². The van der Waals surface area contributed by atoms with Crippen LogP contribution in [0.25, 0.3) is 0 Å². The molecule has 4 nitrogen and oxygen atoms in total. The smallest absolute Gasteiger partial charge is 0.183 e. The zero-order chi connectivity index (χ0) is 22.4. The lowest BCUT2D eigenvalue weighted by Gasteiger charge is -2.42. The Bertz CT molecular complexity index is 1050. The van der Waals surface area contributed by atoms with Gasteiger partial charge in [0.15, 0.2) is 11.6 Å². The predicted octanol–water partition coefficient (Wildman–Crippen LogP) is 5.38. The minimum Gasteiger partial charge on any atom is -0.379 e. The Balaban J connectivity index is 1.57. The molecular weight excluding hydrogens is 418 g/mol. The molecule has 0 spiro atoms. The van der Waals surface area contributed by atoms with E-state index in [-0.39, 0.29) is 18.0 Å². The molecule has 0 amide bonds. The number of ketones is 2. The van der Waals surface area contributed by atoms with Gasteiger partial charge in [0.25, 0.3) is 0 Å². The molecule has 4 rings (SSSR count). The zero-order valence-corrected chi connectivity index (χ0v) is 19.0. The predicted molar refractivity (Wildman–Crippen MR) is 128 cm³/mol. The van der Waals surface area contributed by atoms with Crippen LogP contribution < -0.4 is 0 Å². The van der Waals surface area contributed by atoms with Crippen molar-refractivity contribution in [2.45, 2.75) is 28.7 Å². The number of carbonyl (C=O) groups is 2. The Hall–Kier alpha value is -2.73. The average molecular weight is 446 g/mol. The van der Waals surface area contributed by atoms with Gasteiger partial charge < -0.3 is 4.74 Å². The van der Waals surface area contributed by atoms with Crippen molar-refractivity contribution in [1.29, 1.82) is 0 Å². The van der Waals surface area contributed by atoms with Gasteiger partial charge in [0.05, 0.1) is 18.8 Å². The normalized spacial score (nSPS) is 16.3. The van der Waals surface area contributed by atoms with Gasteiger partial charge in [-0.25, -0.2) is 0 Å². The number of morpholine rings is 1. The summed E-state index contributed by atoms with van der Waals surface area (Å²) in [4.78, 5) is 31.2. The van der Waals surface area contributed by atoms with Crippen molar-refractivity contribution in [3.8, 4) is 0 Å². The van der Waals surface area contributed by atoms with Gasteiger partial charge in [-0.1, -0.05) is 72.4 Å². The maximum absolute atomic E-state index is 13.8. The Labute approximate surface area is 193 Å². The van der Waals surface area contributed by atoms with Gasteiger partial charge >= 0.3 is 0 Å². The number of hydrogen-bond donors (Lipinski definition) is 0.